The van der Waals surface area contributed by atoms with Crippen molar-refractivity contribution in [2.45, 2.75) is 58.5 Å². The molecule has 2 aromatic rings. The molecular formula is C22H31N5O. The second-order valence-electron chi connectivity index (χ2n) is 8.01. The van der Waals surface area contributed by atoms with Crippen molar-refractivity contribution in [3.05, 3.63) is 46.6 Å². The number of amides is 1. The van der Waals surface area contributed by atoms with Gasteiger partial charge in [0.05, 0.1) is 0 Å². The normalized spacial score (nSPS) is 19.2. The van der Waals surface area contributed by atoms with Crippen molar-refractivity contribution in [2.24, 2.45) is 0 Å². The Morgan fingerprint density at radius 3 is 2.18 bits per heavy atom. The Hall–Kier alpha value is -2.63. The van der Waals surface area contributed by atoms with Crippen LogP contribution in [0.3, 0.4) is 0 Å². The standard InChI is InChI=1S/C22H31N5O/c1-14-6-8-17(9-7-14)21(28)24-18-10-12-19(13-11-18)25-22-23-16(3)15(2)20(26-22)27(4)5/h6-9,18-19H,10-13H2,1-5H3,(H,24,28)(H,23,25,26)/t18-,19+. The van der Waals surface area contributed by atoms with Crippen LogP contribution in [0.4, 0.5) is 11.8 Å². The van der Waals surface area contributed by atoms with Gasteiger partial charge in [-0.2, -0.15) is 4.98 Å². The molecule has 1 saturated carbocycles. The highest BCUT2D eigenvalue weighted by atomic mass is 16.1. The van der Waals surface area contributed by atoms with Crippen LogP contribution in [0.25, 0.3) is 0 Å². The Morgan fingerprint density at radius 1 is 0.964 bits per heavy atom. The first-order chi connectivity index (χ1) is 13.3. The third kappa shape index (κ3) is 4.80. The Labute approximate surface area is 167 Å². The van der Waals surface area contributed by atoms with Gasteiger partial charge in [0, 0.05) is 43.0 Å². The second kappa shape index (κ2) is 8.59. The van der Waals surface area contributed by atoms with E-state index < -0.39 is 0 Å². The third-order valence-corrected chi connectivity index (χ3v) is 5.50. The van der Waals surface area contributed by atoms with Crippen LogP contribution in [0.2, 0.25) is 0 Å². The molecule has 1 heterocycles. The Bertz CT molecular complexity index is 824. The van der Waals surface area contributed by atoms with E-state index in [4.69, 9.17) is 0 Å². The van der Waals surface area contributed by atoms with Gasteiger partial charge in [-0.05, 0) is 58.6 Å². The summed E-state index contributed by atoms with van der Waals surface area (Å²) >= 11 is 0. The predicted molar refractivity (Wildman–Crippen MR) is 114 cm³/mol. The fourth-order valence-corrected chi connectivity index (χ4v) is 3.65. The molecule has 1 amide bonds. The van der Waals surface area contributed by atoms with Crippen molar-refractivity contribution in [3.8, 4) is 0 Å². The van der Waals surface area contributed by atoms with Crippen LogP contribution in [0.5, 0.6) is 0 Å². The lowest BCUT2D eigenvalue weighted by Crippen LogP contribution is -2.40. The second-order valence-corrected chi connectivity index (χ2v) is 8.01. The van der Waals surface area contributed by atoms with Crippen molar-refractivity contribution in [2.75, 3.05) is 24.3 Å². The summed E-state index contributed by atoms with van der Waals surface area (Å²) in [5, 5.41) is 6.67. The fraction of sp³-hybridized carbons (Fsp3) is 0.500. The molecule has 0 aliphatic heterocycles. The molecular weight excluding hydrogens is 350 g/mol. The number of benzene rings is 1. The van der Waals surface area contributed by atoms with E-state index in [1.54, 1.807) is 0 Å². The SMILES string of the molecule is Cc1ccc(C(=O)N[C@H]2CC[C@@H](Nc3nc(C)c(C)c(N(C)C)n3)CC2)cc1. The third-order valence-electron chi connectivity index (χ3n) is 5.50. The molecule has 1 aromatic heterocycles. The van der Waals surface area contributed by atoms with Crippen LogP contribution in [0, 0.1) is 20.8 Å². The summed E-state index contributed by atoms with van der Waals surface area (Å²) in [7, 11) is 4.00. The molecule has 0 unspecified atom stereocenters. The van der Waals surface area contributed by atoms with Gasteiger partial charge >= 0.3 is 0 Å². The quantitative estimate of drug-likeness (QED) is 0.828. The summed E-state index contributed by atoms with van der Waals surface area (Å²) in [5.74, 6) is 1.66. The Kier molecular flexibility index (Phi) is 6.17. The topological polar surface area (TPSA) is 70.2 Å². The molecule has 3 rings (SSSR count). The summed E-state index contributed by atoms with van der Waals surface area (Å²) in [6, 6.07) is 8.28. The number of hydrogen-bond acceptors (Lipinski definition) is 5. The zero-order valence-electron chi connectivity index (χ0n) is 17.5. The minimum atomic E-state index is 0.0181. The van der Waals surface area contributed by atoms with Gasteiger partial charge in [-0.1, -0.05) is 17.7 Å². The lowest BCUT2D eigenvalue weighted by molar-refractivity contribution is 0.0926. The molecule has 6 heteroatoms. The van der Waals surface area contributed by atoms with Crippen LogP contribution in [0.15, 0.2) is 24.3 Å². The van der Waals surface area contributed by atoms with E-state index in [1.807, 2.05) is 57.1 Å². The first kappa shape index (κ1) is 20.1. The predicted octanol–water partition coefficient (Wildman–Crippen LogP) is 3.62. The number of nitrogens with zero attached hydrogens (tertiary/aromatic N) is 3. The van der Waals surface area contributed by atoms with Crippen LogP contribution in [-0.2, 0) is 0 Å². The number of carbonyl (C=O) groups excluding carboxylic acids is 1. The van der Waals surface area contributed by atoms with Crippen molar-refractivity contribution >= 4 is 17.7 Å². The fourth-order valence-electron chi connectivity index (χ4n) is 3.65. The van der Waals surface area contributed by atoms with Gasteiger partial charge in [0.25, 0.3) is 5.91 Å². The van der Waals surface area contributed by atoms with E-state index in [-0.39, 0.29) is 11.9 Å². The lowest BCUT2D eigenvalue weighted by Gasteiger charge is -2.30. The van der Waals surface area contributed by atoms with Gasteiger partial charge in [0.2, 0.25) is 5.95 Å². The molecule has 1 aliphatic rings. The van der Waals surface area contributed by atoms with Gasteiger partial charge in [-0.25, -0.2) is 4.98 Å². The number of carbonyl (C=O) groups is 1. The highest BCUT2D eigenvalue weighted by molar-refractivity contribution is 5.94. The molecule has 1 aromatic carbocycles. The largest absolute Gasteiger partial charge is 0.362 e. The molecule has 0 bridgehead atoms. The summed E-state index contributed by atoms with van der Waals surface area (Å²) in [6.07, 6.45) is 3.90. The zero-order valence-corrected chi connectivity index (χ0v) is 17.5. The zero-order chi connectivity index (χ0) is 20.3. The average molecular weight is 382 g/mol. The molecule has 28 heavy (non-hydrogen) atoms. The van der Waals surface area contributed by atoms with Crippen LogP contribution in [0.1, 0.15) is 52.9 Å². The summed E-state index contributed by atoms with van der Waals surface area (Å²) in [4.78, 5) is 23.7. The molecule has 1 fully saturated rings. The molecule has 0 atom stereocenters. The molecule has 1 aliphatic carbocycles. The number of nitrogens with one attached hydrogen (secondary N) is 2. The van der Waals surface area contributed by atoms with Crippen LogP contribution >= 0.6 is 0 Å². The lowest BCUT2D eigenvalue weighted by atomic mass is 9.91. The van der Waals surface area contributed by atoms with E-state index in [0.717, 1.165) is 53.9 Å². The minimum Gasteiger partial charge on any atom is -0.362 e. The maximum Gasteiger partial charge on any atom is 0.251 e. The minimum absolute atomic E-state index is 0.0181. The van der Waals surface area contributed by atoms with E-state index >= 15 is 0 Å². The van der Waals surface area contributed by atoms with Gasteiger partial charge < -0.3 is 15.5 Å². The Balaban J connectivity index is 1.54. The number of aromatic nitrogens is 2. The number of hydrogen-bond donors (Lipinski definition) is 2. The number of aryl methyl sites for hydroxylation is 2. The van der Waals surface area contributed by atoms with E-state index in [2.05, 4.69) is 27.5 Å². The highest BCUT2D eigenvalue weighted by Gasteiger charge is 2.23. The van der Waals surface area contributed by atoms with Crippen molar-refractivity contribution in [1.82, 2.24) is 15.3 Å². The number of rotatable bonds is 5. The van der Waals surface area contributed by atoms with Gasteiger partial charge in [-0.3, -0.25) is 4.79 Å². The van der Waals surface area contributed by atoms with E-state index in [0.29, 0.717) is 12.0 Å². The smallest absolute Gasteiger partial charge is 0.251 e. The Morgan fingerprint density at radius 2 is 1.57 bits per heavy atom. The monoisotopic (exact) mass is 381 g/mol. The highest BCUT2D eigenvalue weighted by Crippen LogP contribution is 2.24. The van der Waals surface area contributed by atoms with Gasteiger partial charge in [0.1, 0.15) is 5.82 Å². The molecule has 6 nitrogen and oxygen atoms in total. The molecule has 0 radical (unpaired) electrons. The van der Waals surface area contributed by atoms with Crippen molar-refractivity contribution < 1.29 is 4.79 Å². The first-order valence-corrected chi connectivity index (χ1v) is 10.00. The van der Waals surface area contributed by atoms with Crippen molar-refractivity contribution in [1.29, 1.82) is 0 Å². The first-order valence-electron chi connectivity index (χ1n) is 10.00. The maximum absolute atomic E-state index is 12.4. The van der Waals surface area contributed by atoms with Gasteiger partial charge in [0.15, 0.2) is 0 Å². The molecule has 0 spiro atoms. The molecule has 0 saturated heterocycles. The summed E-state index contributed by atoms with van der Waals surface area (Å²) in [6.45, 7) is 6.10. The van der Waals surface area contributed by atoms with Gasteiger partial charge in [-0.15, -0.1) is 0 Å². The molecule has 150 valence electrons. The van der Waals surface area contributed by atoms with Crippen LogP contribution in [-0.4, -0.2) is 42.1 Å². The van der Waals surface area contributed by atoms with Crippen LogP contribution < -0.4 is 15.5 Å². The summed E-state index contributed by atoms with van der Waals surface area (Å²) < 4.78 is 0. The van der Waals surface area contributed by atoms with E-state index in [9.17, 15) is 4.79 Å². The summed E-state index contributed by atoms with van der Waals surface area (Å²) in [5.41, 5.74) is 4.00. The average Bonchev–Trinajstić information content (AvgIpc) is 2.66. The molecule has 2 N–H and O–H groups in total. The van der Waals surface area contributed by atoms with E-state index in [1.165, 1.54) is 0 Å². The maximum atomic E-state index is 12.4. The number of anilines is 2. The van der Waals surface area contributed by atoms with Crippen molar-refractivity contribution in [3.63, 3.8) is 0 Å².